The molecule has 2 aromatic rings. The predicted molar refractivity (Wildman–Crippen MR) is 82.5 cm³/mol. The molecule has 106 valence electrons. The highest BCUT2D eigenvalue weighted by Crippen LogP contribution is 2.38. The Kier molecular flexibility index (Phi) is 4.64. The second kappa shape index (κ2) is 6.44. The summed E-state index contributed by atoms with van der Waals surface area (Å²) in [6, 6.07) is 14.6. The fraction of sp³-hybridized carbons (Fsp3) is 0.294. The highest BCUT2D eigenvalue weighted by Gasteiger charge is 2.13. The first-order chi connectivity index (χ1) is 9.71. The Morgan fingerprint density at radius 2 is 1.55 bits per heavy atom. The van der Waals surface area contributed by atoms with E-state index in [-0.39, 0.29) is 0 Å². The number of hydrogen-bond donors (Lipinski definition) is 1. The van der Waals surface area contributed by atoms with Crippen LogP contribution in [-0.2, 0) is 0 Å². The Morgan fingerprint density at radius 3 is 2.10 bits per heavy atom. The molecule has 0 aliphatic rings. The monoisotopic (exact) mass is 271 g/mol. The van der Waals surface area contributed by atoms with E-state index in [4.69, 9.17) is 9.47 Å². The van der Waals surface area contributed by atoms with E-state index in [1.54, 1.807) is 14.2 Å². The van der Waals surface area contributed by atoms with Crippen LogP contribution in [0.15, 0.2) is 42.5 Å². The van der Waals surface area contributed by atoms with Crippen molar-refractivity contribution in [3.8, 4) is 22.6 Å². The first-order valence-corrected chi connectivity index (χ1v) is 6.69. The topological polar surface area (TPSA) is 30.5 Å². The van der Waals surface area contributed by atoms with Gasteiger partial charge >= 0.3 is 0 Å². The van der Waals surface area contributed by atoms with Crippen LogP contribution in [0.3, 0.4) is 0 Å². The van der Waals surface area contributed by atoms with Crippen molar-refractivity contribution in [2.24, 2.45) is 0 Å². The van der Waals surface area contributed by atoms with Crippen LogP contribution in [0.1, 0.15) is 18.5 Å². The fourth-order valence-corrected chi connectivity index (χ4v) is 2.27. The Morgan fingerprint density at radius 1 is 0.950 bits per heavy atom. The van der Waals surface area contributed by atoms with Crippen molar-refractivity contribution >= 4 is 0 Å². The Balaban J connectivity index is 2.56. The second-order valence-electron chi connectivity index (χ2n) is 4.67. The highest BCUT2D eigenvalue weighted by atomic mass is 16.5. The minimum Gasteiger partial charge on any atom is -0.496 e. The molecule has 0 amide bonds. The molecule has 2 aromatic carbocycles. The summed E-state index contributed by atoms with van der Waals surface area (Å²) in [5, 5.41) is 3.25. The van der Waals surface area contributed by atoms with Gasteiger partial charge in [-0.2, -0.15) is 0 Å². The van der Waals surface area contributed by atoms with Gasteiger partial charge in [0.15, 0.2) is 0 Å². The van der Waals surface area contributed by atoms with E-state index in [1.165, 1.54) is 5.56 Å². The maximum absolute atomic E-state index is 5.47. The molecule has 0 bridgehead atoms. The zero-order valence-electron chi connectivity index (χ0n) is 12.4. The number of benzene rings is 2. The molecule has 0 spiro atoms. The smallest absolute Gasteiger partial charge is 0.130 e. The number of nitrogens with one attached hydrogen (secondary N) is 1. The molecule has 3 nitrogen and oxygen atoms in total. The summed E-state index contributed by atoms with van der Waals surface area (Å²) in [6.45, 7) is 2.14. The standard InChI is InChI=1S/C17H21NO2/c1-12(18-2)13-7-5-8-14(11-13)17-15(19-3)9-6-10-16(17)20-4/h5-12,18H,1-4H3. The van der Waals surface area contributed by atoms with E-state index in [9.17, 15) is 0 Å². The zero-order valence-corrected chi connectivity index (χ0v) is 12.4. The molecule has 0 heterocycles. The zero-order chi connectivity index (χ0) is 14.5. The van der Waals surface area contributed by atoms with Crippen LogP contribution in [0.2, 0.25) is 0 Å². The van der Waals surface area contributed by atoms with Crippen molar-refractivity contribution in [2.45, 2.75) is 13.0 Å². The van der Waals surface area contributed by atoms with Crippen LogP contribution in [0.4, 0.5) is 0 Å². The van der Waals surface area contributed by atoms with Gasteiger partial charge in [0.05, 0.1) is 19.8 Å². The SMILES string of the molecule is CNC(C)c1cccc(-c2c(OC)cccc2OC)c1. The molecule has 0 aromatic heterocycles. The summed E-state index contributed by atoms with van der Waals surface area (Å²) in [6.07, 6.45) is 0. The van der Waals surface area contributed by atoms with Crippen LogP contribution in [0, 0.1) is 0 Å². The van der Waals surface area contributed by atoms with Crippen molar-refractivity contribution in [3.05, 3.63) is 48.0 Å². The molecular formula is C17H21NO2. The van der Waals surface area contributed by atoms with Crippen molar-refractivity contribution < 1.29 is 9.47 Å². The van der Waals surface area contributed by atoms with E-state index in [2.05, 4.69) is 36.5 Å². The molecule has 0 aliphatic heterocycles. The summed E-state index contributed by atoms with van der Waals surface area (Å²) in [4.78, 5) is 0. The van der Waals surface area contributed by atoms with Crippen molar-refractivity contribution in [2.75, 3.05) is 21.3 Å². The Labute approximate surface area is 120 Å². The van der Waals surface area contributed by atoms with Crippen molar-refractivity contribution in [3.63, 3.8) is 0 Å². The molecular weight excluding hydrogens is 250 g/mol. The lowest BCUT2D eigenvalue weighted by Crippen LogP contribution is -2.12. The van der Waals surface area contributed by atoms with Crippen molar-refractivity contribution in [1.82, 2.24) is 5.32 Å². The summed E-state index contributed by atoms with van der Waals surface area (Å²) >= 11 is 0. The maximum Gasteiger partial charge on any atom is 0.130 e. The number of rotatable bonds is 5. The first kappa shape index (κ1) is 14.4. The van der Waals surface area contributed by atoms with Crippen LogP contribution in [-0.4, -0.2) is 21.3 Å². The summed E-state index contributed by atoms with van der Waals surface area (Å²) in [5.41, 5.74) is 3.32. The van der Waals surface area contributed by atoms with Crippen LogP contribution >= 0.6 is 0 Å². The lowest BCUT2D eigenvalue weighted by Gasteiger charge is -2.16. The minimum absolute atomic E-state index is 0.302. The molecule has 2 rings (SSSR count). The van der Waals surface area contributed by atoms with Gasteiger partial charge in [-0.15, -0.1) is 0 Å². The number of methoxy groups -OCH3 is 2. The highest BCUT2D eigenvalue weighted by molar-refractivity contribution is 5.77. The lowest BCUT2D eigenvalue weighted by molar-refractivity contribution is 0.397. The van der Waals surface area contributed by atoms with E-state index in [0.29, 0.717) is 6.04 Å². The van der Waals surface area contributed by atoms with Gasteiger partial charge in [0.25, 0.3) is 0 Å². The van der Waals surface area contributed by atoms with Gasteiger partial charge in [-0.25, -0.2) is 0 Å². The molecule has 1 unspecified atom stereocenters. The molecule has 0 fully saturated rings. The predicted octanol–water partition coefficient (Wildman–Crippen LogP) is 3.65. The molecule has 0 saturated carbocycles. The summed E-state index contributed by atoms with van der Waals surface area (Å²) in [5.74, 6) is 1.64. The molecule has 0 radical (unpaired) electrons. The molecule has 0 saturated heterocycles. The third-order valence-corrected chi connectivity index (χ3v) is 3.54. The maximum atomic E-state index is 5.47. The van der Waals surface area contributed by atoms with Crippen LogP contribution < -0.4 is 14.8 Å². The lowest BCUT2D eigenvalue weighted by atomic mass is 9.98. The van der Waals surface area contributed by atoms with Gasteiger partial charge in [0, 0.05) is 6.04 Å². The average molecular weight is 271 g/mol. The van der Waals surface area contributed by atoms with E-state index in [1.807, 2.05) is 25.2 Å². The minimum atomic E-state index is 0.302. The fourth-order valence-electron chi connectivity index (χ4n) is 2.27. The molecule has 20 heavy (non-hydrogen) atoms. The average Bonchev–Trinajstić information content (AvgIpc) is 2.53. The van der Waals surface area contributed by atoms with Gasteiger partial charge in [-0.1, -0.05) is 24.3 Å². The quantitative estimate of drug-likeness (QED) is 0.900. The molecule has 0 aliphatic carbocycles. The van der Waals surface area contributed by atoms with Gasteiger partial charge < -0.3 is 14.8 Å². The summed E-state index contributed by atoms with van der Waals surface area (Å²) < 4.78 is 10.9. The van der Waals surface area contributed by atoms with Crippen LogP contribution in [0.25, 0.3) is 11.1 Å². The van der Waals surface area contributed by atoms with Crippen LogP contribution in [0.5, 0.6) is 11.5 Å². The first-order valence-electron chi connectivity index (χ1n) is 6.69. The van der Waals surface area contributed by atoms with Gasteiger partial charge in [0.1, 0.15) is 11.5 Å². The third-order valence-electron chi connectivity index (χ3n) is 3.54. The van der Waals surface area contributed by atoms with E-state index >= 15 is 0 Å². The van der Waals surface area contributed by atoms with E-state index < -0.39 is 0 Å². The van der Waals surface area contributed by atoms with Gasteiger partial charge in [-0.05, 0) is 43.3 Å². The molecule has 1 atom stereocenters. The number of ether oxygens (including phenoxy) is 2. The largest absolute Gasteiger partial charge is 0.496 e. The van der Waals surface area contributed by atoms with E-state index in [0.717, 1.165) is 22.6 Å². The third kappa shape index (κ3) is 2.78. The Hall–Kier alpha value is -2.00. The molecule has 1 N–H and O–H groups in total. The van der Waals surface area contributed by atoms with Gasteiger partial charge in [-0.3, -0.25) is 0 Å². The second-order valence-corrected chi connectivity index (χ2v) is 4.67. The molecule has 3 heteroatoms. The Bertz CT molecular complexity index is 559. The van der Waals surface area contributed by atoms with Gasteiger partial charge in [0.2, 0.25) is 0 Å². The normalized spacial score (nSPS) is 12.0. The number of hydrogen-bond acceptors (Lipinski definition) is 3. The van der Waals surface area contributed by atoms with Crippen molar-refractivity contribution in [1.29, 1.82) is 0 Å². The summed E-state index contributed by atoms with van der Waals surface area (Å²) in [7, 11) is 5.32.